The van der Waals surface area contributed by atoms with Crippen LogP contribution in [0.3, 0.4) is 0 Å². The second kappa shape index (κ2) is 9.86. The average Bonchev–Trinajstić information content (AvgIpc) is 3.25. The van der Waals surface area contributed by atoms with Gasteiger partial charge in [-0.3, -0.25) is 14.5 Å². The molecule has 1 amide bonds. The Hall–Kier alpha value is -3.73. The van der Waals surface area contributed by atoms with Crippen LogP contribution in [0.25, 0.3) is 5.65 Å². The lowest BCUT2D eigenvalue weighted by atomic mass is 9.68. The van der Waals surface area contributed by atoms with Gasteiger partial charge in [-0.05, 0) is 72.4 Å². The van der Waals surface area contributed by atoms with Crippen LogP contribution in [0.15, 0.2) is 35.4 Å². The van der Waals surface area contributed by atoms with Gasteiger partial charge in [0.15, 0.2) is 11.4 Å². The molecule has 11 nitrogen and oxygen atoms in total. The number of aromatic nitrogens is 4. The molecule has 0 bridgehead atoms. The second-order valence-corrected chi connectivity index (χ2v) is 11.4. The predicted octanol–water partition coefficient (Wildman–Crippen LogP) is 4.32. The van der Waals surface area contributed by atoms with Gasteiger partial charge in [-0.15, -0.1) is 0 Å². The number of fused-ring (bicyclic) bond motifs is 1. The van der Waals surface area contributed by atoms with E-state index < -0.39 is 17.3 Å². The highest BCUT2D eigenvalue weighted by atomic mass is 16.6. The number of Topliss-reactive ketones (excluding diaryl/α,β-unsaturated/α-hetero) is 1. The fourth-order valence-corrected chi connectivity index (χ4v) is 4.44. The summed E-state index contributed by atoms with van der Waals surface area (Å²) in [5, 5.41) is 17.8. The fourth-order valence-electron chi connectivity index (χ4n) is 4.44. The third kappa shape index (κ3) is 5.42. The molecule has 3 aromatic rings. The topological polar surface area (TPSA) is 131 Å². The van der Waals surface area contributed by atoms with Gasteiger partial charge in [0, 0.05) is 31.8 Å². The highest BCUT2D eigenvalue weighted by Gasteiger charge is 2.42. The Morgan fingerprint density at radius 3 is 2.63 bits per heavy atom. The van der Waals surface area contributed by atoms with E-state index in [0.29, 0.717) is 17.9 Å². The van der Waals surface area contributed by atoms with Crippen molar-refractivity contribution in [1.82, 2.24) is 19.2 Å². The summed E-state index contributed by atoms with van der Waals surface area (Å²) in [6, 6.07) is 4.93. The molecule has 3 heterocycles. The number of hydrogen-bond donors (Lipinski definition) is 2. The van der Waals surface area contributed by atoms with Crippen molar-refractivity contribution in [2.75, 3.05) is 17.3 Å². The molecule has 0 radical (unpaired) electrons. The minimum absolute atomic E-state index is 0.0451. The molecule has 38 heavy (non-hydrogen) atoms. The molecule has 11 heteroatoms. The van der Waals surface area contributed by atoms with Crippen LogP contribution in [0, 0.1) is 5.92 Å². The zero-order valence-corrected chi connectivity index (χ0v) is 23.0. The van der Waals surface area contributed by atoms with Crippen LogP contribution in [0.4, 0.5) is 22.1 Å². The molecular formula is C27H36N6O5. The number of carbonyl (C=O) groups is 2. The summed E-state index contributed by atoms with van der Waals surface area (Å²) in [6.07, 6.45) is 4.08. The molecular weight excluding hydrogens is 488 g/mol. The molecule has 204 valence electrons. The Morgan fingerprint density at radius 1 is 1.34 bits per heavy atom. The van der Waals surface area contributed by atoms with Crippen LogP contribution in [0.1, 0.15) is 77.2 Å². The van der Waals surface area contributed by atoms with Gasteiger partial charge in [0.25, 0.3) is 5.56 Å². The summed E-state index contributed by atoms with van der Waals surface area (Å²) in [5.41, 5.74) is -1.04. The van der Waals surface area contributed by atoms with Crippen molar-refractivity contribution in [3.05, 3.63) is 46.5 Å². The van der Waals surface area contributed by atoms with Gasteiger partial charge in [-0.1, -0.05) is 0 Å². The summed E-state index contributed by atoms with van der Waals surface area (Å²) >= 11 is 0. The lowest BCUT2D eigenvalue weighted by Gasteiger charge is -2.42. The number of ketones is 1. The summed E-state index contributed by atoms with van der Waals surface area (Å²) < 4.78 is 8.52. The summed E-state index contributed by atoms with van der Waals surface area (Å²) in [4.78, 5) is 45.1. The van der Waals surface area contributed by atoms with Crippen molar-refractivity contribution >= 4 is 34.8 Å². The lowest BCUT2D eigenvalue weighted by molar-refractivity contribution is -0.0773. The molecule has 2 N–H and O–H groups in total. The quantitative estimate of drug-likeness (QED) is 0.437. The van der Waals surface area contributed by atoms with E-state index in [1.165, 1.54) is 22.7 Å². The van der Waals surface area contributed by atoms with E-state index in [2.05, 4.69) is 15.4 Å². The Kier molecular flexibility index (Phi) is 7.09. The number of carbonyl (C=O) groups excluding carboxylic acids is 2. The minimum Gasteiger partial charge on any atom is -0.443 e. The molecule has 1 aliphatic carbocycles. The number of anilines is 3. The number of hydrogen-bond acceptors (Lipinski definition) is 8. The summed E-state index contributed by atoms with van der Waals surface area (Å²) in [6.45, 7) is 10.9. The standard InChI is InChI=1S/C27H36N6O5/c1-16(2)32-12-8-9-19(24(32)35)29-21-14-22(31(7)25(36)38-26(3,4)5)33-23(30-21)18(15-28-33)20(34)13-17-10-11-27(17,6)37/h8-9,12,14-17,37H,10-11,13H2,1-7H3,(H,29,30)/t17-,27-/m1/s1. The molecule has 0 aromatic carbocycles. The maximum Gasteiger partial charge on any atom is 0.415 e. The molecule has 1 aliphatic rings. The third-order valence-corrected chi connectivity index (χ3v) is 6.87. The maximum absolute atomic E-state index is 13.3. The van der Waals surface area contributed by atoms with E-state index >= 15 is 0 Å². The van der Waals surface area contributed by atoms with E-state index in [9.17, 15) is 19.5 Å². The smallest absolute Gasteiger partial charge is 0.415 e. The molecule has 0 unspecified atom stereocenters. The first-order chi connectivity index (χ1) is 17.7. The first-order valence-electron chi connectivity index (χ1n) is 12.8. The van der Waals surface area contributed by atoms with Crippen molar-refractivity contribution in [3.63, 3.8) is 0 Å². The fraction of sp³-hybridized carbons (Fsp3) is 0.519. The lowest BCUT2D eigenvalue weighted by Crippen LogP contribution is -2.45. The van der Waals surface area contributed by atoms with Gasteiger partial charge >= 0.3 is 6.09 Å². The van der Waals surface area contributed by atoms with E-state index in [0.717, 1.165) is 6.42 Å². The van der Waals surface area contributed by atoms with E-state index in [1.807, 2.05) is 13.8 Å². The summed E-state index contributed by atoms with van der Waals surface area (Å²) in [7, 11) is 1.54. The van der Waals surface area contributed by atoms with Gasteiger partial charge in [0.2, 0.25) is 0 Å². The number of ether oxygens (including phenoxy) is 1. The van der Waals surface area contributed by atoms with Crippen molar-refractivity contribution in [2.24, 2.45) is 5.92 Å². The van der Waals surface area contributed by atoms with Crippen molar-refractivity contribution < 1.29 is 19.4 Å². The molecule has 1 saturated carbocycles. The molecule has 3 aromatic heterocycles. The van der Waals surface area contributed by atoms with Crippen LogP contribution < -0.4 is 15.8 Å². The number of pyridine rings is 1. The maximum atomic E-state index is 13.3. The Morgan fingerprint density at radius 2 is 2.05 bits per heavy atom. The zero-order valence-electron chi connectivity index (χ0n) is 23.0. The van der Waals surface area contributed by atoms with Gasteiger partial charge in [0.05, 0.1) is 17.4 Å². The largest absolute Gasteiger partial charge is 0.443 e. The number of aliphatic hydroxyl groups is 1. The van der Waals surface area contributed by atoms with Crippen LogP contribution >= 0.6 is 0 Å². The third-order valence-electron chi connectivity index (χ3n) is 6.87. The van der Waals surface area contributed by atoms with E-state index in [1.54, 1.807) is 56.7 Å². The van der Waals surface area contributed by atoms with Gasteiger partial charge in [-0.2, -0.15) is 9.61 Å². The SMILES string of the molecule is CC(C)n1cccc(Nc2cc(N(C)C(=O)OC(C)(C)C)n3ncc(C(=O)C[C@H]4CC[C@@]4(C)O)c3n2)c1=O. The number of nitrogens with one attached hydrogen (secondary N) is 1. The van der Waals surface area contributed by atoms with Gasteiger partial charge < -0.3 is 19.7 Å². The average molecular weight is 525 g/mol. The van der Waals surface area contributed by atoms with Gasteiger partial charge in [0.1, 0.15) is 22.9 Å². The molecule has 4 rings (SSSR count). The number of amides is 1. The second-order valence-electron chi connectivity index (χ2n) is 11.4. The number of rotatable bonds is 7. The van der Waals surface area contributed by atoms with Crippen molar-refractivity contribution in [2.45, 2.75) is 78.0 Å². The molecule has 0 aliphatic heterocycles. The molecule has 1 fully saturated rings. The molecule has 0 spiro atoms. The molecule has 2 atom stereocenters. The number of nitrogens with zero attached hydrogens (tertiary/aromatic N) is 5. The van der Waals surface area contributed by atoms with Crippen molar-refractivity contribution in [1.29, 1.82) is 0 Å². The highest BCUT2D eigenvalue weighted by Crippen LogP contribution is 2.41. The Labute approximate surface area is 221 Å². The summed E-state index contributed by atoms with van der Waals surface area (Å²) in [5.74, 6) is 0.199. The first kappa shape index (κ1) is 27.3. The predicted molar refractivity (Wildman–Crippen MR) is 144 cm³/mol. The van der Waals surface area contributed by atoms with E-state index in [-0.39, 0.29) is 46.8 Å². The van der Waals surface area contributed by atoms with Crippen molar-refractivity contribution in [3.8, 4) is 0 Å². The van der Waals surface area contributed by atoms with E-state index in [4.69, 9.17) is 4.74 Å². The normalized spacial score (nSPS) is 19.3. The molecule has 0 saturated heterocycles. The minimum atomic E-state index is -0.871. The van der Waals surface area contributed by atoms with Crippen LogP contribution in [-0.4, -0.2) is 54.4 Å². The monoisotopic (exact) mass is 524 g/mol. The van der Waals surface area contributed by atoms with Crippen LogP contribution in [-0.2, 0) is 4.74 Å². The first-order valence-corrected chi connectivity index (χ1v) is 12.8. The highest BCUT2D eigenvalue weighted by molar-refractivity contribution is 6.02. The Balaban J connectivity index is 1.79. The van der Waals surface area contributed by atoms with Crippen LogP contribution in [0.2, 0.25) is 0 Å². The Bertz CT molecular complexity index is 1430. The van der Waals surface area contributed by atoms with Crippen LogP contribution in [0.5, 0.6) is 0 Å². The van der Waals surface area contributed by atoms with Gasteiger partial charge in [-0.25, -0.2) is 9.78 Å². The zero-order chi connectivity index (χ0) is 28.0.